The Morgan fingerprint density at radius 3 is 2.31 bits per heavy atom. The summed E-state index contributed by atoms with van der Waals surface area (Å²) in [7, 11) is 0. The molecule has 0 radical (unpaired) electrons. The van der Waals surface area contributed by atoms with E-state index >= 15 is 0 Å². The number of urea groups is 1. The number of hydrogen-bond donors (Lipinski definition) is 1. The Balaban J connectivity index is 2.34. The summed E-state index contributed by atoms with van der Waals surface area (Å²) in [6.45, 7) is 7.88. The molecule has 1 heterocycles. The molecule has 1 rings (SSSR count). The Hall–Kier alpha value is -0.770. The first kappa shape index (κ1) is 10.3. The van der Waals surface area contributed by atoms with Crippen molar-refractivity contribution < 1.29 is 4.79 Å². The van der Waals surface area contributed by atoms with Crippen molar-refractivity contribution in [2.75, 3.05) is 26.2 Å². The highest BCUT2D eigenvalue weighted by atomic mass is 16.2. The molecule has 1 saturated heterocycles. The maximum Gasteiger partial charge on any atom is 0.314 e. The van der Waals surface area contributed by atoms with E-state index in [9.17, 15) is 4.79 Å². The Morgan fingerprint density at radius 2 is 1.92 bits per heavy atom. The Labute approximate surface area is 79.7 Å². The molecule has 0 saturated carbocycles. The summed E-state index contributed by atoms with van der Waals surface area (Å²) in [5, 5.41) is 0. The van der Waals surface area contributed by atoms with E-state index in [2.05, 4.69) is 18.7 Å². The van der Waals surface area contributed by atoms with Gasteiger partial charge in [0.2, 0.25) is 0 Å². The van der Waals surface area contributed by atoms with E-state index in [-0.39, 0.29) is 6.03 Å². The predicted molar refractivity (Wildman–Crippen MR) is 52.5 cm³/mol. The monoisotopic (exact) mass is 185 g/mol. The van der Waals surface area contributed by atoms with Crippen molar-refractivity contribution in [3.63, 3.8) is 0 Å². The van der Waals surface area contributed by atoms with Crippen LogP contribution in [-0.4, -0.2) is 48.1 Å². The van der Waals surface area contributed by atoms with Gasteiger partial charge in [0.15, 0.2) is 0 Å². The second kappa shape index (κ2) is 4.46. The topological polar surface area (TPSA) is 49.6 Å². The van der Waals surface area contributed by atoms with Crippen LogP contribution >= 0.6 is 0 Å². The van der Waals surface area contributed by atoms with Crippen LogP contribution in [0.25, 0.3) is 0 Å². The lowest BCUT2D eigenvalue weighted by Gasteiger charge is -2.37. The maximum absolute atomic E-state index is 10.8. The number of carbonyl (C=O) groups is 1. The smallest absolute Gasteiger partial charge is 0.314 e. The third-order valence-electron chi connectivity index (χ3n) is 2.84. The summed E-state index contributed by atoms with van der Waals surface area (Å²) in [5.41, 5.74) is 5.19. The first-order chi connectivity index (χ1) is 6.15. The zero-order valence-corrected chi connectivity index (χ0v) is 8.49. The summed E-state index contributed by atoms with van der Waals surface area (Å²) in [6.07, 6.45) is 1.16. The van der Waals surface area contributed by atoms with Gasteiger partial charge in [-0.05, 0) is 13.3 Å². The minimum atomic E-state index is -0.288. The quantitative estimate of drug-likeness (QED) is 0.680. The van der Waals surface area contributed by atoms with Gasteiger partial charge in [0.1, 0.15) is 0 Å². The zero-order valence-electron chi connectivity index (χ0n) is 8.49. The molecule has 2 N–H and O–H groups in total. The summed E-state index contributed by atoms with van der Waals surface area (Å²) < 4.78 is 0. The number of piperazine rings is 1. The molecular formula is C9H19N3O. The molecule has 4 nitrogen and oxygen atoms in total. The van der Waals surface area contributed by atoms with Crippen LogP contribution in [0.2, 0.25) is 0 Å². The van der Waals surface area contributed by atoms with Gasteiger partial charge < -0.3 is 10.6 Å². The number of hydrogen-bond acceptors (Lipinski definition) is 2. The van der Waals surface area contributed by atoms with Crippen LogP contribution in [0.15, 0.2) is 0 Å². The molecule has 4 heteroatoms. The van der Waals surface area contributed by atoms with Gasteiger partial charge in [-0.25, -0.2) is 4.79 Å². The predicted octanol–water partition coefficient (Wildman–Crippen LogP) is 0.481. The maximum atomic E-state index is 10.8. The zero-order chi connectivity index (χ0) is 9.84. The molecule has 1 atom stereocenters. The van der Waals surface area contributed by atoms with E-state index in [1.54, 1.807) is 4.90 Å². The lowest BCUT2D eigenvalue weighted by Crippen LogP contribution is -2.52. The molecule has 0 aromatic heterocycles. The van der Waals surface area contributed by atoms with E-state index in [1.807, 2.05) is 0 Å². The average molecular weight is 185 g/mol. The van der Waals surface area contributed by atoms with Crippen molar-refractivity contribution in [3.8, 4) is 0 Å². The van der Waals surface area contributed by atoms with Gasteiger partial charge in [-0.2, -0.15) is 0 Å². The fourth-order valence-electron chi connectivity index (χ4n) is 1.64. The molecule has 0 aromatic carbocycles. The fourth-order valence-corrected chi connectivity index (χ4v) is 1.64. The van der Waals surface area contributed by atoms with Crippen molar-refractivity contribution in [2.45, 2.75) is 26.3 Å². The third-order valence-corrected chi connectivity index (χ3v) is 2.84. The average Bonchev–Trinajstić information content (AvgIpc) is 2.17. The highest BCUT2D eigenvalue weighted by Gasteiger charge is 2.21. The van der Waals surface area contributed by atoms with Crippen molar-refractivity contribution in [2.24, 2.45) is 5.73 Å². The lowest BCUT2D eigenvalue weighted by molar-refractivity contribution is 0.116. The molecule has 1 aliphatic heterocycles. The number of nitrogens with two attached hydrogens (primary N) is 1. The number of nitrogens with zero attached hydrogens (tertiary/aromatic N) is 2. The van der Waals surface area contributed by atoms with Crippen molar-refractivity contribution in [3.05, 3.63) is 0 Å². The minimum absolute atomic E-state index is 0.288. The molecule has 1 aliphatic rings. The summed E-state index contributed by atoms with van der Waals surface area (Å²) in [4.78, 5) is 14.9. The molecule has 2 amide bonds. The molecule has 0 aliphatic carbocycles. The van der Waals surface area contributed by atoms with E-state index in [4.69, 9.17) is 5.73 Å². The van der Waals surface area contributed by atoms with Gasteiger partial charge in [0, 0.05) is 32.2 Å². The van der Waals surface area contributed by atoms with Gasteiger partial charge in [0.25, 0.3) is 0 Å². The number of carbonyl (C=O) groups excluding carboxylic acids is 1. The SMILES string of the molecule is CCC(C)N1CCN(C(N)=O)CC1. The lowest BCUT2D eigenvalue weighted by atomic mass is 10.2. The number of amides is 2. The van der Waals surface area contributed by atoms with Crippen LogP contribution in [0.3, 0.4) is 0 Å². The molecule has 0 aromatic rings. The highest BCUT2D eigenvalue weighted by Crippen LogP contribution is 2.07. The number of rotatable bonds is 2. The van der Waals surface area contributed by atoms with Crippen molar-refractivity contribution in [1.29, 1.82) is 0 Å². The van der Waals surface area contributed by atoms with Crippen LogP contribution in [-0.2, 0) is 0 Å². The summed E-state index contributed by atoms with van der Waals surface area (Å²) in [5.74, 6) is 0. The molecule has 0 bridgehead atoms. The minimum Gasteiger partial charge on any atom is -0.351 e. The standard InChI is InChI=1S/C9H19N3O/c1-3-8(2)11-4-6-12(7-5-11)9(10)13/h8H,3-7H2,1-2H3,(H2,10,13). The normalized spacial score (nSPS) is 21.5. The second-order valence-electron chi connectivity index (χ2n) is 3.62. The molecule has 0 spiro atoms. The van der Waals surface area contributed by atoms with E-state index in [0.717, 1.165) is 32.6 Å². The molecular weight excluding hydrogens is 166 g/mol. The van der Waals surface area contributed by atoms with E-state index in [0.29, 0.717) is 6.04 Å². The van der Waals surface area contributed by atoms with Gasteiger partial charge in [-0.15, -0.1) is 0 Å². The Morgan fingerprint density at radius 1 is 1.38 bits per heavy atom. The second-order valence-corrected chi connectivity index (χ2v) is 3.62. The first-order valence-electron chi connectivity index (χ1n) is 4.93. The molecule has 76 valence electrons. The van der Waals surface area contributed by atoms with Crippen LogP contribution in [0, 0.1) is 0 Å². The van der Waals surface area contributed by atoms with Gasteiger partial charge in [-0.3, -0.25) is 4.90 Å². The largest absolute Gasteiger partial charge is 0.351 e. The molecule has 1 unspecified atom stereocenters. The summed E-state index contributed by atoms with van der Waals surface area (Å²) >= 11 is 0. The Bertz CT molecular complexity index is 176. The van der Waals surface area contributed by atoms with Crippen molar-refractivity contribution >= 4 is 6.03 Å². The van der Waals surface area contributed by atoms with Crippen LogP contribution in [0.1, 0.15) is 20.3 Å². The molecule has 1 fully saturated rings. The summed E-state index contributed by atoms with van der Waals surface area (Å²) in [6, 6.07) is 0.332. The van der Waals surface area contributed by atoms with Crippen LogP contribution in [0.5, 0.6) is 0 Å². The number of primary amides is 1. The third kappa shape index (κ3) is 2.59. The molecule has 13 heavy (non-hydrogen) atoms. The Kier molecular flexibility index (Phi) is 3.54. The van der Waals surface area contributed by atoms with Crippen molar-refractivity contribution in [1.82, 2.24) is 9.80 Å². The van der Waals surface area contributed by atoms with Gasteiger partial charge >= 0.3 is 6.03 Å². The van der Waals surface area contributed by atoms with E-state index in [1.165, 1.54) is 0 Å². The fraction of sp³-hybridized carbons (Fsp3) is 0.889. The first-order valence-corrected chi connectivity index (χ1v) is 4.93. The van der Waals surface area contributed by atoms with Crippen LogP contribution < -0.4 is 5.73 Å². The van der Waals surface area contributed by atoms with Crippen LogP contribution in [0.4, 0.5) is 4.79 Å². The van der Waals surface area contributed by atoms with Gasteiger partial charge in [0.05, 0.1) is 0 Å². The highest BCUT2D eigenvalue weighted by molar-refractivity contribution is 5.72. The van der Waals surface area contributed by atoms with E-state index < -0.39 is 0 Å². The van der Waals surface area contributed by atoms with Gasteiger partial charge in [-0.1, -0.05) is 6.92 Å².